The molecule has 0 saturated heterocycles. The van der Waals surface area contributed by atoms with Gasteiger partial charge in [-0.3, -0.25) is 14.5 Å². The fraction of sp³-hybridized carbons (Fsp3) is 0.429. The fourth-order valence-electron chi connectivity index (χ4n) is 2.38. The second kappa shape index (κ2) is 5.84. The zero-order chi connectivity index (χ0) is 13.8. The number of aryl methyl sites for hydroxylation is 2. The molecule has 0 aliphatic heterocycles. The molecule has 2 rings (SSSR count). The van der Waals surface area contributed by atoms with E-state index in [4.69, 9.17) is 5.11 Å². The summed E-state index contributed by atoms with van der Waals surface area (Å²) in [7, 11) is 1.61. The van der Waals surface area contributed by atoms with Crippen LogP contribution < -0.4 is 5.32 Å². The number of benzene rings is 1. The number of amides is 1. The smallest absolute Gasteiger partial charge is 0.317 e. The first-order valence-corrected chi connectivity index (χ1v) is 6.36. The van der Waals surface area contributed by atoms with Crippen molar-refractivity contribution in [1.29, 1.82) is 0 Å². The van der Waals surface area contributed by atoms with E-state index < -0.39 is 5.97 Å². The van der Waals surface area contributed by atoms with Gasteiger partial charge in [-0.1, -0.05) is 6.07 Å². The number of aliphatic carboxylic acids is 1. The first-order valence-electron chi connectivity index (χ1n) is 6.36. The number of likely N-dealkylation sites (N-methyl/N-ethyl adjacent to an activating group) is 1. The summed E-state index contributed by atoms with van der Waals surface area (Å²) in [5.74, 6) is -1.13. The molecule has 1 amide bonds. The SMILES string of the molecule is CN(CC(=O)O)CC(=O)Nc1ccc2c(c1)CCC2. The van der Waals surface area contributed by atoms with Gasteiger partial charge in [0.1, 0.15) is 0 Å². The van der Waals surface area contributed by atoms with Crippen molar-refractivity contribution in [3.05, 3.63) is 29.3 Å². The molecule has 0 bridgehead atoms. The Hall–Kier alpha value is -1.88. The van der Waals surface area contributed by atoms with Crippen molar-refractivity contribution in [2.75, 3.05) is 25.5 Å². The summed E-state index contributed by atoms with van der Waals surface area (Å²) in [5.41, 5.74) is 3.45. The van der Waals surface area contributed by atoms with Crippen LogP contribution in [0.3, 0.4) is 0 Å². The number of carbonyl (C=O) groups is 2. The molecule has 2 N–H and O–H groups in total. The molecule has 1 aliphatic rings. The molecule has 0 atom stereocenters. The zero-order valence-corrected chi connectivity index (χ0v) is 11.0. The van der Waals surface area contributed by atoms with Gasteiger partial charge in [-0.2, -0.15) is 0 Å². The first-order chi connectivity index (χ1) is 9.04. The van der Waals surface area contributed by atoms with Gasteiger partial charge in [0.15, 0.2) is 0 Å². The maximum atomic E-state index is 11.8. The second-order valence-corrected chi connectivity index (χ2v) is 4.95. The molecule has 0 unspecified atom stereocenters. The molecule has 1 aromatic rings. The summed E-state index contributed by atoms with van der Waals surface area (Å²) in [4.78, 5) is 23.7. The zero-order valence-electron chi connectivity index (χ0n) is 11.0. The molecule has 0 radical (unpaired) electrons. The van der Waals surface area contributed by atoms with Crippen LogP contribution >= 0.6 is 0 Å². The quantitative estimate of drug-likeness (QED) is 0.834. The molecule has 102 valence electrons. The number of carboxylic acid groups (broad SMARTS) is 1. The van der Waals surface area contributed by atoms with E-state index in [0.717, 1.165) is 18.5 Å². The van der Waals surface area contributed by atoms with Crippen molar-refractivity contribution in [3.63, 3.8) is 0 Å². The number of carboxylic acids is 1. The van der Waals surface area contributed by atoms with Crippen LogP contribution in [0.25, 0.3) is 0 Å². The van der Waals surface area contributed by atoms with Crippen LogP contribution in [0, 0.1) is 0 Å². The monoisotopic (exact) mass is 262 g/mol. The Bertz CT molecular complexity index is 499. The Morgan fingerprint density at radius 1 is 1.26 bits per heavy atom. The number of anilines is 1. The third-order valence-corrected chi connectivity index (χ3v) is 3.20. The molecule has 0 spiro atoms. The Labute approximate surface area is 112 Å². The average Bonchev–Trinajstić information content (AvgIpc) is 2.74. The van der Waals surface area contributed by atoms with Crippen LogP contribution in [0.15, 0.2) is 18.2 Å². The number of nitrogens with one attached hydrogen (secondary N) is 1. The largest absolute Gasteiger partial charge is 0.480 e. The lowest BCUT2D eigenvalue weighted by molar-refractivity contribution is -0.138. The molecular formula is C14H18N2O3. The number of carbonyl (C=O) groups excluding carboxylic acids is 1. The maximum absolute atomic E-state index is 11.8. The normalized spacial score (nSPS) is 13.4. The Kier molecular flexibility index (Phi) is 4.16. The van der Waals surface area contributed by atoms with Crippen molar-refractivity contribution in [2.24, 2.45) is 0 Å². The third kappa shape index (κ3) is 3.79. The standard InChI is InChI=1S/C14H18N2O3/c1-16(9-14(18)19)8-13(17)15-12-6-5-10-3-2-4-11(10)7-12/h5-7H,2-4,8-9H2,1H3,(H,15,17)(H,18,19). The van der Waals surface area contributed by atoms with Gasteiger partial charge in [0, 0.05) is 5.69 Å². The highest BCUT2D eigenvalue weighted by Gasteiger charge is 2.13. The molecule has 1 aliphatic carbocycles. The highest BCUT2D eigenvalue weighted by molar-refractivity contribution is 5.92. The maximum Gasteiger partial charge on any atom is 0.317 e. The predicted octanol–water partition coefficient (Wildman–Crippen LogP) is 1.13. The van der Waals surface area contributed by atoms with Gasteiger partial charge in [-0.25, -0.2) is 0 Å². The van der Waals surface area contributed by atoms with Crippen LogP contribution in [0.5, 0.6) is 0 Å². The summed E-state index contributed by atoms with van der Waals surface area (Å²) in [6, 6.07) is 5.97. The summed E-state index contributed by atoms with van der Waals surface area (Å²) in [6.07, 6.45) is 3.36. The van der Waals surface area contributed by atoms with E-state index in [9.17, 15) is 9.59 Å². The van der Waals surface area contributed by atoms with Gasteiger partial charge in [0.2, 0.25) is 5.91 Å². The van der Waals surface area contributed by atoms with Crippen molar-refractivity contribution < 1.29 is 14.7 Å². The van der Waals surface area contributed by atoms with Crippen molar-refractivity contribution in [3.8, 4) is 0 Å². The molecule has 19 heavy (non-hydrogen) atoms. The van der Waals surface area contributed by atoms with E-state index in [1.165, 1.54) is 22.4 Å². The molecule has 0 fully saturated rings. The van der Waals surface area contributed by atoms with Crippen LogP contribution in [0.1, 0.15) is 17.5 Å². The van der Waals surface area contributed by atoms with Gasteiger partial charge < -0.3 is 10.4 Å². The van der Waals surface area contributed by atoms with Crippen molar-refractivity contribution in [1.82, 2.24) is 4.90 Å². The number of fused-ring (bicyclic) bond motifs is 1. The molecule has 0 aromatic heterocycles. The van der Waals surface area contributed by atoms with Gasteiger partial charge >= 0.3 is 5.97 Å². The first kappa shape index (κ1) is 13.5. The lowest BCUT2D eigenvalue weighted by atomic mass is 10.1. The summed E-state index contributed by atoms with van der Waals surface area (Å²) in [6.45, 7) is -0.0685. The van der Waals surface area contributed by atoms with Crippen molar-refractivity contribution in [2.45, 2.75) is 19.3 Å². The van der Waals surface area contributed by atoms with Crippen LogP contribution in [-0.4, -0.2) is 42.0 Å². The van der Waals surface area contributed by atoms with E-state index in [2.05, 4.69) is 11.4 Å². The summed E-state index contributed by atoms with van der Waals surface area (Å²) in [5, 5.41) is 11.4. The molecule has 5 heteroatoms. The molecule has 5 nitrogen and oxygen atoms in total. The second-order valence-electron chi connectivity index (χ2n) is 4.95. The molecule has 1 aromatic carbocycles. The minimum absolute atomic E-state index is 0.0728. The average molecular weight is 262 g/mol. The van der Waals surface area contributed by atoms with E-state index in [0.29, 0.717) is 0 Å². The van der Waals surface area contributed by atoms with E-state index in [-0.39, 0.29) is 19.0 Å². The minimum atomic E-state index is -0.937. The molecular weight excluding hydrogens is 244 g/mol. The number of hydrogen-bond acceptors (Lipinski definition) is 3. The number of nitrogens with zero attached hydrogens (tertiary/aromatic N) is 1. The minimum Gasteiger partial charge on any atom is -0.480 e. The number of hydrogen-bond donors (Lipinski definition) is 2. The lowest BCUT2D eigenvalue weighted by Crippen LogP contribution is -2.33. The summed E-state index contributed by atoms with van der Waals surface area (Å²) < 4.78 is 0. The van der Waals surface area contributed by atoms with Gasteiger partial charge in [0.25, 0.3) is 0 Å². The Morgan fingerprint density at radius 3 is 2.74 bits per heavy atom. The topological polar surface area (TPSA) is 69.6 Å². The van der Waals surface area contributed by atoms with Gasteiger partial charge in [-0.15, -0.1) is 0 Å². The van der Waals surface area contributed by atoms with Crippen LogP contribution in [0.4, 0.5) is 5.69 Å². The summed E-state index contributed by atoms with van der Waals surface area (Å²) >= 11 is 0. The van der Waals surface area contributed by atoms with E-state index >= 15 is 0 Å². The Balaban J connectivity index is 1.90. The Morgan fingerprint density at radius 2 is 2.00 bits per heavy atom. The predicted molar refractivity (Wildman–Crippen MR) is 72.2 cm³/mol. The van der Waals surface area contributed by atoms with Crippen LogP contribution in [-0.2, 0) is 22.4 Å². The fourth-order valence-corrected chi connectivity index (χ4v) is 2.38. The van der Waals surface area contributed by atoms with E-state index in [1.54, 1.807) is 7.05 Å². The van der Waals surface area contributed by atoms with Crippen LogP contribution in [0.2, 0.25) is 0 Å². The molecule has 0 saturated carbocycles. The lowest BCUT2D eigenvalue weighted by Gasteiger charge is -2.14. The number of rotatable bonds is 5. The highest BCUT2D eigenvalue weighted by Crippen LogP contribution is 2.24. The van der Waals surface area contributed by atoms with Gasteiger partial charge in [-0.05, 0) is 49.6 Å². The molecule has 0 heterocycles. The van der Waals surface area contributed by atoms with E-state index in [1.807, 2.05) is 12.1 Å². The third-order valence-electron chi connectivity index (χ3n) is 3.20. The van der Waals surface area contributed by atoms with Gasteiger partial charge in [0.05, 0.1) is 13.1 Å². The van der Waals surface area contributed by atoms with Crippen molar-refractivity contribution >= 4 is 17.6 Å². The highest BCUT2D eigenvalue weighted by atomic mass is 16.4.